The summed E-state index contributed by atoms with van der Waals surface area (Å²) >= 11 is 0. The lowest BCUT2D eigenvalue weighted by Crippen LogP contribution is -2.04. The molecule has 162 valence electrons. The summed E-state index contributed by atoms with van der Waals surface area (Å²) in [6.07, 6.45) is 5.36. The zero-order valence-corrected chi connectivity index (χ0v) is 18.2. The Hall–Kier alpha value is -3.12. The zero-order chi connectivity index (χ0) is 21.6. The largest absolute Gasteiger partial charge is 0.489 e. The molecule has 0 amide bonds. The molecule has 2 aromatic carbocycles. The molecular weight excluding hydrogens is 386 g/mol. The highest BCUT2D eigenvalue weighted by atomic mass is 16.5. The Bertz CT molecular complexity index is 1150. The Kier molecular flexibility index (Phi) is 6.67. The number of nitrogens with zero attached hydrogens (tertiary/aromatic N) is 3. The first-order chi connectivity index (χ1) is 15.2. The maximum Gasteiger partial charge on any atom is 0.152 e. The monoisotopic (exact) mass is 417 g/mol. The minimum Gasteiger partial charge on any atom is -0.489 e. The van der Waals surface area contributed by atoms with Crippen LogP contribution in [0.1, 0.15) is 44.0 Å². The van der Waals surface area contributed by atoms with E-state index in [1.165, 1.54) is 0 Å². The number of rotatable bonds is 10. The van der Waals surface area contributed by atoms with Crippen molar-refractivity contribution in [2.24, 2.45) is 5.73 Å². The van der Waals surface area contributed by atoms with Crippen LogP contribution in [-0.4, -0.2) is 21.1 Å². The van der Waals surface area contributed by atoms with E-state index in [9.17, 15) is 0 Å². The number of aromatic nitrogens is 3. The molecule has 4 rings (SSSR count). The van der Waals surface area contributed by atoms with Gasteiger partial charge in [0.1, 0.15) is 23.7 Å². The molecule has 0 aliphatic carbocycles. The lowest BCUT2D eigenvalue weighted by Gasteiger charge is -2.11. The smallest absolute Gasteiger partial charge is 0.152 e. The van der Waals surface area contributed by atoms with Gasteiger partial charge in [-0.3, -0.25) is 0 Å². The van der Waals surface area contributed by atoms with E-state index in [1.54, 1.807) is 0 Å². The number of nitrogens with two attached hydrogens (primary N) is 2. The fraction of sp³-hybridized carbons (Fsp3) is 0.360. The van der Waals surface area contributed by atoms with E-state index < -0.39 is 0 Å². The van der Waals surface area contributed by atoms with Gasteiger partial charge in [-0.2, -0.15) is 0 Å². The summed E-state index contributed by atoms with van der Waals surface area (Å²) in [4.78, 5) is 9.46. The van der Waals surface area contributed by atoms with Crippen LogP contribution < -0.4 is 16.2 Å². The molecule has 6 nitrogen and oxygen atoms in total. The quantitative estimate of drug-likeness (QED) is 0.361. The van der Waals surface area contributed by atoms with Crippen LogP contribution >= 0.6 is 0 Å². The predicted molar refractivity (Wildman–Crippen MR) is 127 cm³/mol. The molecule has 4 N–H and O–H groups in total. The summed E-state index contributed by atoms with van der Waals surface area (Å²) in [5.74, 6) is 2.31. The number of pyridine rings is 1. The van der Waals surface area contributed by atoms with E-state index in [2.05, 4.69) is 34.7 Å². The number of imidazole rings is 1. The Morgan fingerprint density at radius 1 is 0.968 bits per heavy atom. The number of unbranched alkanes of at least 4 members (excludes halogenated alkanes) is 3. The molecule has 0 radical (unpaired) electrons. The Morgan fingerprint density at radius 2 is 1.77 bits per heavy atom. The van der Waals surface area contributed by atoms with E-state index in [4.69, 9.17) is 21.2 Å². The summed E-state index contributed by atoms with van der Waals surface area (Å²) in [6, 6.07) is 16.2. The highest BCUT2D eigenvalue weighted by Gasteiger charge is 2.17. The topological polar surface area (TPSA) is 92.0 Å². The summed E-state index contributed by atoms with van der Waals surface area (Å²) in [5.41, 5.74) is 15.8. The molecular formula is C25H31N5O. The third-order valence-corrected chi connectivity index (χ3v) is 5.65. The van der Waals surface area contributed by atoms with Crippen LogP contribution in [0, 0.1) is 0 Å². The lowest BCUT2D eigenvalue weighted by atomic mass is 10.1. The first kappa shape index (κ1) is 21.1. The molecule has 31 heavy (non-hydrogen) atoms. The van der Waals surface area contributed by atoms with Gasteiger partial charge in [-0.15, -0.1) is 0 Å². The van der Waals surface area contributed by atoms with Crippen LogP contribution in [0.5, 0.6) is 5.75 Å². The molecule has 0 aliphatic heterocycles. The van der Waals surface area contributed by atoms with E-state index >= 15 is 0 Å². The van der Waals surface area contributed by atoms with Crippen LogP contribution in [0.15, 0.2) is 48.5 Å². The van der Waals surface area contributed by atoms with Crippen molar-refractivity contribution in [1.82, 2.24) is 14.5 Å². The fourth-order valence-electron chi connectivity index (χ4n) is 4.05. The van der Waals surface area contributed by atoms with Crippen LogP contribution in [0.2, 0.25) is 0 Å². The number of hydrogen-bond donors (Lipinski definition) is 2. The maximum absolute atomic E-state index is 6.33. The number of anilines is 1. The van der Waals surface area contributed by atoms with E-state index in [1.807, 2.05) is 30.3 Å². The van der Waals surface area contributed by atoms with E-state index in [0.29, 0.717) is 12.4 Å². The molecule has 4 aromatic rings. The average Bonchev–Trinajstić information content (AvgIpc) is 3.17. The van der Waals surface area contributed by atoms with Crippen LogP contribution in [0.25, 0.3) is 21.9 Å². The van der Waals surface area contributed by atoms with Gasteiger partial charge in [-0.05, 0) is 37.1 Å². The fourth-order valence-corrected chi connectivity index (χ4v) is 4.05. The molecule has 6 heteroatoms. The molecule has 0 atom stereocenters. The molecule has 0 aliphatic rings. The number of hydrogen-bond acceptors (Lipinski definition) is 5. The van der Waals surface area contributed by atoms with Gasteiger partial charge in [0.05, 0.1) is 11.0 Å². The van der Waals surface area contributed by atoms with Gasteiger partial charge < -0.3 is 20.8 Å². The van der Waals surface area contributed by atoms with Crippen molar-refractivity contribution in [2.45, 2.75) is 52.2 Å². The molecule has 0 spiro atoms. The Balaban J connectivity index is 1.65. The summed E-state index contributed by atoms with van der Waals surface area (Å²) < 4.78 is 8.32. The number of benzene rings is 2. The van der Waals surface area contributed by atoms with Crippen molar-refractivity contribution >= 4 is 27.8 Å². The molecule has 0 saturated heterocycles. The Labute approximate surface area is 183 Å². The third kappa shape index (κ3) is 4.64. The highest BCUT2D eigenvalue weighted by molar-refractivity contribution is 6.06. The van der Waals surface area contributed by atoms with Gasteiger partial charge >= 0.3 is 0 Å². The van der Waals surface area contributed by atoms with Gasteiger partial charge in [0.15, 0.2) is 5.82 Å². The van der Waals surface area contributed by atoms with Crippen molar-refractivity contribution in [1.29, 1.82) is 0 Å². The van der Waals surface area contributed by atoms with Crippen molar-refractivity contribution in [2.75, 3.05) is 12.3 Å². The lowest BCUT2D eigenvalue weighted by molar-refractivity contribution is 0.306. The summed E-state index contributed by atoms with van der Waals surface area (Å²) in [6.45, 7) is 4.34. The molecule has 0 fully saturated rings. The minimum absolute atomic E-state index is 0.472. The van der Waals surface area contributed by atoms with E-state index in [0.717, 1.165) is 84.3 Å². The molecule has 2 aromatic heterocycles. The zero-order valence-electron chi connectivity index (χ0n) is 18.2. The maximum atomic E-state index is 6.33. The van der Waals surface area contributed by atoms with Gasteiger partial charge in [-0.1, -0.05) is 50.1 Å². The average molecular weight is 418 g/mol. The number of aryl methyl sites for hydroxylation is 2. The van der Waals surface area contributed by atoms with Crippen LogP contribution in [0.4, 0.5) is 5.82 Å². The Morgan fingerprint density at radius 3 is 2.55 bits per heavy atom. The third-order valence-electron chi connectivity index (χ3n) is 5.65. The predicted octanol–water partition coefficient (Wildman–Crippen LogP) is 4.83. The number of nitrogen functional groups attached to an aromatic ring is 1. The van der Waals surface area contributed by atoms with Gasteiger partial charge in [-0.25, -0.2) is 9.97 Å². The SMILES string of the molecule is CCc1nc2c(N)nc3cc(OCc4ccccc4)ccc3c2n1CCCCCCN. The van der Waals surface area contributed by atoms with Crippen LogP contribution in [0.3, 0.4) is 0 Å². The van der Waals surface area contributed by atoms with Gasteiger partial charge in [0.25, 0.3) is 0 Å². The molecule has 0 bridgehead atoms. The standard InChI is InChI=1S/C25H31N5O/c1-2-22-29-23-24(30(22)15-9-4-3-8-14-26)20-13-12-19(16-21(20)28-25(23)27)31-17-18-10-6-5-7-11-18/h5-7,10-13,16H,2-4,8-9,14-15,17,26H2,1H3,(H2,27,28). The second kappa shape index (κ2) is 9.79. The van der Waals surface area contributed by atoms with Crippen molar-refractivity contribution in [3.05, 3.63) is 59.9 Å². The van der Waals surface area contributed by atoms with Crippen molar-refractivity contribution < 1.29 is 4.74 Å². The first-order valence-corrected chi connectivity index (χ1v) is 11.2. The molecule has 0 saturated carbocycles. The number of fused-ring (bicyclic) bond motifs is 3. The first-order valence-electron chi connectivity index (χ1n) is 11.2. The summed E-state index contributed by atoms with van der Waals surface area (Å²) in [5, 5.41) is 1.06. The van der Waals surface area contributed by atoms with Gasteiger partial charge in [0, 0.05) is 24.4 Å². The summed E-state index contributed by atoms with van der Waals surface area (Å²) in [7, 11) is 0. The second-order valence-corrected chi connectivity index (χ2v) is 7.88. The van der Waals surface area contributed by atoms with Crippen molar-refractivity contribution in [3.63, 3.8) is 0 Å². The minimum atomic E-state index is 0.472. The second-order valence-electron chi connectivity index (χ2n) is 7.88. The number of ether oxygens (including phenoxy) is 1. The normalized spacial score (nSPS) is 11.4. The van der Waals surface area contributed by atoms with Crippen LogP contribution in [-0.2, 0) is 19.6 Å². The van der Waals surface area contributed by atoms with Crippen molar-refractivity contribution in [3.8, 4) is 5.75 Å². The van der Waals surface area contributed by atoms with Gasteiger partial charge in [0.2, 0.25) is 0 Å². The highest BCUT2D eigenvalue weighted by Crippen LogP contribution is 2.31. The van der Waals surface area contributed by atoms with E-state index in [-0.39, 0.29) is 0 Å². The molecule has 0 unspecified atom stereocenters. The molecule has 2 heterocycles.